The van der Waals surface area contributed by atoms with Gasteiger partial charge in [-0.05, 0) is 29.8 Å². The van der Waals surface area contributed by atoms with Gasteiger partial charge in [0.25, 0.3) is 0 Å². The van der Waals surface area contributed by atoms with Gasteiger partial charge in [0.1, 0.15) is 11.5 Å². The zero-order chi connectivity index (χ0) is 22.2. The Morgan fingerprint density at radius 1 is 0.727 bits per heavy atom. The van der Waals surface area contributed by atoms with Crippen LogP contribution in [0, 0.1) is 0 Å². The number of rotatable bonds is 4. The van der Waals surface area contributed by atoms with E-state index in [1.54, 1.807) is 0 Å². The predicted molar refractivity (Wildman–Crippen MR) is 131 cm³/mol. The Bertz CT molecular complexity index is 1380. The minimum atomic E-state index is 0.950. The number of hydrogen-bond acceptors (Lipinski definition) is 5. The van der Waals surface area contributed by atoms with Gasteiger partial charge in [0, 0.05) is 56.7 Å². The Morgan fingerprint density at radius 3 is 2.24 bits per heavy atom. The van der Waals surface area contributed by atoms with E-state index in [-0.39, 0.29) is 0 Å². The molecule has 4 aromatic heterocycles. The highest BCUT2D eigenvalue weighted by atomic mass is 15.3. The summed E-state index contributed by atoms with van der Waals surface area (Å²) in [4.78, 5) is 13.8. The van der Waals surface area contributed by atoms with Crippen LogP contribution in [0.2, 0.25) is 0 Å². The van der Waals surface area contributed by atoms with Gasteiger partial charge in [-0.25, -0.2) is 4.98 Å². The molecule has 33 heavy (non-hydrogen) atoms. The van der Waals surface area contributed by atoms with Gasteiger partial charge in [-0.15, -0.1) is 0 Å². The van der Waals surface area contributed by atoms with Crippen molar-refractivity contribution in [3.63, 3.8) is 0 Å². The molecule has 7 nitrogen and oxygen atoms in total. The first kappa shape index (κ1) is 19.5. The number of anilines is 2. The number of aryl methyl sites for hydroxylation is 1. The average Bonchev–Trinajstić information content (AvgIpc) is 3.51. The van der Waals surface area contributed by atoms with Crippen molar-refractivity contribution in [1.29, 1.82) is 0 Å². The lowest BCUT2D eigenvalue weighted by atomic mass is 10.1. The van der Waals surface area contributed by atoms with E-state index in [4.69, 9.17) is 4.98 Å². The molecular weight excluding hydrogens is 410 g/mol. The number of pyridine rings is 2. The maximum absolute atomic E-state index is 4.70. The molecule has 0 aliphatic carbocycles. The average molecular weight is 436 g/mol. The molecule has 0 amide bonds. The Morgan fingerprint density at radius 2 is 1.52 bits per heavy atom. The summed E-state index contributed by atoms with van der Waals surface area (Å²) < 4.78 is 4.10. The van der Waals surface area contributed by atoms with Crippen LogP contribution >= 0.6 is 0 Å². The molecule has 0 spiro atoms. The van der Waals surface area contributed by atoms with Crippen LogP contribution in [0.4, 0.5) is 11.5 Å². The number of aromatic nitrogens is 5. The van der Waals surface area contributed by atoms with E-state index in [2.05, 4.69) is 72.8 Å². The molecule has 6 rings (SSSR count). The van der Waals surface area contributed by atoms with Crippen LogP contribution in [0.3, 0.4) is 0 Å². The van der Waals surface area contributed by atoms with Gasteiger partial charge in [0.05, 0.1) is 30.0 Å². The summed E-state index contributed by atoms with van der Waals surface area (Å²) in [6, 6.07) is 19.1. The third-order valence-corrected chi connectivity index (χ3v) is 6.34. The number of nitrogens with zero attached hydrogens (tertiary/aromatic N) is 7. The molecule has 1 fully saturated rings. The number of benzene rings is 1. The molecule has 0 radical (unpaired) electrons. The summed E-state index contributed by atoms with van der Waals surface area (Å²) in [6.45, 7) is 3.83. The topological polar surface area (TPSA) is 54.5 Å². The molecule has 5 heterocycles. The molecule has 5 aromatic rings. The van der Waals surface area contributed by atoms with Crippen LogP contribution in [-0.4, -0.2) is 50.3 Å². The summed E-state index contributed by atoms with van der Waals surface area (Å²) in [5.74, 6) is 1.18. The zero-order valence-electron chi connectivity index (χ0n) is 18.5. The fourth-order valence-electron chi connectivity index (χ4n) is 4.61. The Balaban J connectivity index is 1.30. The predicted octanol–water partition coefficient (Wildman–Crippen LogP) is 4.12. The van der Waals surface area contributed by atoms with Gasteiger partial charge >= 0.3 is 0 Å². The first-order valence-electron chi connectivity index (χ1n) is 11.2. The van der Waals surface area contributed by atoms with Crippen molar-refractivity contribution in [2.75, 3.05) is 36.0 Å². The summed E-state index contributed by atoms with van der Waals surface area (Å²) in [5, 5.41) is 4.28. The normalized spacial score (nSPS) is 14.2. The van der Waals surface area contributed by atoms with Gasteiger partial charge < -0.3 is 9.80 Å². The van der Waals surface area contributed by atoms with Crippen LogP contribution in [0.5, 0.6) is 0 Å². The van der Waals surface area contributed by atoms with Crippen LogP contribution in [0.1, 0.15) is 0 Å². The molecular formula is C26H25N7. The molecule has 0 bridgehead atoms. The lowest BCUT2D eigenvalue weighted by Gasteiger charge is -2.37. The number of piperazine rings is 1. The second-order valence-electron chi connectivity index (χ2n) is 8.39. The molecule has 0 unspecified atom stereocenters. The first-order valence-corrected chi connectivity index (χ1v) is 11.2. The molecule has 1 aliphatic rings. The third kappa shape index (κ3) is 3.61. The molecule has 0 atom stereocenters. The van der Waals surface area contributed by atoms with E-state index in [1.807, 2.05) is 48.8 Å². The van der Waals surface area contributed by atoms with E-state index in [1.165, 1.54) is 11.5 Å². The summed E-state index contributed by atoms with van der Waals surface area (Å²) in [7, 11) is 1.94. The Labute approximate surface area is 192 Å². The lowest BCUT2D eigenvalue weighted by Crippen LogP contribution is -2.47. The van der Waals surface area contributed by atoms with E-state index in [9.17, 15) is 0 Å². The van der Waals surface area contributed by atoms with Gasteiger partial charge in [0.15, 0.2) is 0 Å². The summed E-state index contributed by atoms with van der Waals surface area (Å²) >= 11 is 0. The van der Waals surface area contributed by atoms with Gasteiger partial charge in [-0.2, -0.15) is 5.10 Å². The van der Waals surface area contributed by atoms with Crippen LogP contribution in [-0.2, 0) is 7.05 Å². The van der Waals surface area contributed by atoms with Crippen molar-refractivity contribution in [2.45, 2.75) is 0 Å². The molecule has 7 heteroatoms. The maximum Gasteiger partial charge on any atom is 0.138 e. The molecule has 1 saturated heterocycles. The molecule has 1 aromatic carbocycles. The minimum Gasteiger partial charge on any atom is -0.367 e. The lowest BCUT2D eigenvalue weighted by molar-refractivity contribution is 0.644. The van der Waals surface area contributed by atoms with Crippen molar-refractivity contribution >= 4 is 17.2 Å². The number of hydrogen-bond donors (Lipinski definition) is 0. The van der Waals surface area contributed by atoms with Crippen LogP contribution < -0.4 is 9.80 Å². The van der Waals surface area contributed by atoms with E-state index in [0.29, 0.717) is 0 Å². The van der Waals surface area contributed by atoms with Crippen molar-refractivity contribution < 1.29 is 0 Å². The highest BCUT2D eigenvalue weighted by molar-refractivity contribution is 5.71. The van der Waals surface area contributed by atoms with E-state index >= 15 is 0 Å². The summed E-state index contributed by atoms with van der Waals surface area (Å²) in [5.41, 5.74) is 6.69. The SMILES string of the molecule is Cn1cc(-c2ccc(-c3cnc4cccc(N5CCN(c6cccnc6)CC5)n34)cc2)cn1. The van der Waals surface area contributed by atoms with Gasteiger partial charge in [0.2, 0.25) is 0 Å². The number of fused-ring (bicyclic) bond motifs is 1. The zero-order valence-corrected chi connectivity index (χ0v) is 18.5. The summed E-state index contributed by atoms with van der Waals surface area (Å²) in [6.07, 6.45) is 9.67. The molecule has 164 valence electrons. The largest absolute Gasteiger partial charge is 0.367 e. The quantitative estimate of drug-likeness (QED) is 0.425. The highest BCUT2D eigenvalue weighted by Crippen LogP contribution is 2.29. The monoisotopic (exact) mass is 435 g/mol. The Kier molecular flexibility index (Phi) is 4.79. The van der Waals surface area contributed by atoms with Crippen molar-refractivity contribution in [2.24, 2.45) is 7.05 Å². The van der Waals surface area contributed by atoms with Crippen molar-refractivity contribution in [3.05, 3.63) is 85.6 Å². The van der Waals surface area contributed by atoms with Crippen molar-refractivity contribution in [3.8, 4) is 22.4 Å². The smallest absolute Gasteiger partial charge is 0.138 e. The molecule has 1 aliphatic heterocycles. The second kappa shape index (κ2) is 8.09. The Hall–Kier alpha value is -4.13. The highest BCUT2D eigenvalue weighted by Gasteiger charge is 2.21. The fraction of sp³-hybridized carbons (Fsp3) is 0.192. The maximum atomic E-state index is 4.70. The van der Waals surface area contributed by atoms with E-state index in [0.717, 1.165) is 54.2 Å². The minimum absolute atomic E-state index is 0.950. The van der Waals surface area contributed by atoms with Gasteiger partial charge in [-0.3, -0.25) is 14.1 Å². The van der Waals surface area contributed by atoms with Gasteiger partial charge in [-0.1, -0.05) is 30.3 Å². The first-order chi connectivity index (χ1) is 16.3. The van der Waals surface area contributed by atoms with E-state index < -0.39 is 0 Å². The third-order valence-electron chi connectivity index (χ3n) is 6.34. The fourth-order valence-corrected chi connectivity index (χ4v) is 4.61. The van der Waals surface area contributed by atoms with Crippen molar-refractivity contribution in [1.82, 2.24) is 24.1 Å². The molecule has 0 saturated carbocycles. The van der Waals surface area contributed by atoms with Crippen LogP contribution in [0.25, 0.3) is 28.0 Å². The standard InChI is InChI=1S/C26H25N7/c1-30-19-22(16-29-30)20-7-9-21(10-8-20)24-18-28-25-5-2-6-26(33(24)25)32-14-12-31(13-15-32)23-4-3-11-27-17-23/h2-11,16-19H,12-15H2,1H3. The second-order valence-corrected chi connectivity index (χ2v) is 8.39. The molecule has 0 N–H and O–H groups in total. The van der Waals surface area contributed by atoms with Crippen LogP contribution in [0.15, 0.2) is 85.6 Å². The number of imidazole rings is 1.